The minimum Gasteiger partial charge on any atom is -0.497 e. The summed E-state index contributed by atoms with van der Waals surface area (Å²) in [5.74, 6) is 1.25. The van der Waals surface area contributed by atoms with Gasteiger partial charge >= 0.3 is 0 Å². The number of carbonyl (C=O) groups is 2. The molecule has 0 spiro atoms. The van der Waals surface area contributed by atoms with E-state index in [4.69, 9.17) is 4.74 Å². The lowest BCUT2D eigenvalue weighted by Crippen LogP contribution is -2.27. The maximum absolute atomic E-state index is 11.9. The van der Waals surface area contributed by atoms with Crippen LogP contribution in [0.15, 0.2) is 24.3 Å². The van der Waals surface area contributed by atoms with E-state index in [1.807, 2.05) is 13.8 Å². The Morgan fingerprint density at radius 2 is 1.80 bits per heavy atom. The number of hydrogen-bond donors (Lipinski definition) is 1. The van der Waals surface area contributed by atoms with Gasteiger partial charge in [-0.3, -0.25) is 9.59 Å². The van der Waals surface area contributed by atoms with Crippen molar-refractivity contribution in [3.63, 3.8) is 0 Å². The Labute approximate surface area is 120 Å². The highest BCUT2D eigenvalue weighted by Gasteiger charge is 2.08. The fraction of sp³-hybridized carbons (Fsp3) is 0.500. The molecule has 0 bridgehead atoms. The van der Waals surface area contributed by atoms with E-state index in [2.05, 4.69) is 5.32 Å². The molecule has 110 valence electrons. The third-order valence-electron chi connectivity index (χ3n) is 2.93. The zero-order valence-corrected chi connectivity index (χ0v) is 12.4. The molecule has 20 heavy (non-hydrogen) atoms. The Kier molecular flexibility index (Phi) is 6.77. The lowest BCUT2D eigenvalue weighted by molar-refractivity contribution is -0.121. The van der Waals surface area contributed by atoms with Gasteiger partial charge in [-0.1, -0.05) is 13.8 Å². The molecule has 0 fully saturated rings. The third kappa shape index (κ3) is 5.87. The van der Waals surface area contributed by atoms with Gasteiger partial charge in [0.05, 0.1) is 7.11 Å². The Hall–Kier alpha value is -1.84. The van der Waals surface area contributed by atoms with Gasteiger partial charge < -0.3 is 10.1 Å². The Morgan fingerprint density at radius 1 is 1.15 bits per heavy atom. The van der Waals surface area contributed by atoms with Gasteiger partial charge in [0.2, 0.25) is 5.91 Å². The number of methoxy groups -OCH3 is 1. The number of nitrogens with one attached hydrogen (secondary N) is 1. The molecule has 0 aliphatic heterocycles. The van der Waals surface area contributed by atoms with Crippen LogP contribution in [0.1, 0.15) is 43.5 Å². The van der Waals surface area contributed by atoms with Gasteiger partial charge in [0.15, 0.2) is 5.78 Å². The lowest BCUT2D eigenvalue weighted by atomic mass is 10.1. The number of carbonyl (C=O) groups excluding carboxylic acids is 2. The van der Waals surface area contributed by atoms with Gasteiger partial charge in [-0.15, -0.1) is 0 Å². The summed E-state index contributed by atoms with van der Waals surface area (Å²) < 4.78 is 5.04. The second-order valence-corrected chi connectivity index (χ2v) is 5.20. The predicted molar refractivity (Wildman–Crippen MR) is 79.0 cm³/mol. The van der Waals surface area contributed by atoms with E-state index < -0.39 is 0 Å². The zero-order chi connectivity index (χ0) is 15.0. The van der Waals surface area contributed by atoms with Crippen molar-refractivity contribution in [1.29, 1.82) is 0 Å². The normalized spacial score (nSPS) is 10.4. The molecule has 0 aromatic heterocycles. The summed E-state index contributed by atoms with van der Waals surface area (Å²) >= 11 is 0. The molecule has 0 atom stereocenters. The summed E-state index contributed by atoms with van der Waals surface area (Å²) in [5.41, 5.74) is 0.661. The molecule has 1 rings (SSSR count). The molecule has 0 saturated heterocycles. The summed E-state index contributed by atoms with van der Waals surface area (Å²) in [7, 11) is 1.59. The Morgan fingerprint density at radius 3 is 2.35 bits per heavy atom. The molecule has 0 saturated carbocycles. The molecular weight excluding hydrogens is 254 g/mol. The van der Waals surface area contributed by atoms with Crippen LogP contribution in [0.4, 0.5) is 0 Å². The van der Waals surface area contributed by atoms with Crippen molar-refractivity contribution in [2.24, 2.45) is 5.92 Å². The summed E-state index contributed by atoms with van der Waals surface area (Å²) in [6, 6.07) is 7.03. The minimum atomic E-state index is 0.0150. The first-order valence-electron chi connectivity index (χ1n) is 6.97. The van der Waals surface area contributed by atoms with Crippen LogP contribution in [0.2, 0.25) is 0 Å². The number of ether oxygens (including phenoxy) is 1. The van der Waals surface area contributed by atoms with Gasteiger partial charge in [0, 0.05) is 24.9 Å². The van der Waals surface area contributed by atoms with Crippen molar-refractivity contribution in [3.8, 4) is 5.75 Å². The van der Waals surface area contributed by atoms with Crippen LogP contribution in [-0.2, 0) is 4.79 Å². The summed E-state index contributed by atoms with van der Waals surface area (Å²) in [6.45, 7) is 4.78. The maximum Gasteiger partial charge on any atom is 0.220 e. The van der Waals surface area contributed by atoms with Gasteiger partial charge in [-0.2, -0.15) is 0 Å². The van der Waals surface area contributed by atoms with Gasteiger partial charge in [0.1, 0.15) is 5.75 Å². The average molecular weight is 277 g/mol. The van der Waals surface area contributed by atoms with Gasteiger partial charge in [-0.25, -0.2) is 0 Å². The van der Waals surface area contributed by atoms with Crippen LogP contribution >= 0.6 is 0 Å². The lowest BCUT2D eigenvalue weighted by Gasteiger charge is -2.07. The van der Waals surface area contributed by atoms with Crippen molar-refractivity contribution < 1.29 is 14.3 Å². The highest BCUT2D eigenvalue weighted by atomic mass is 16.5. The highest BCUT2D eigenvalue weighted by Crippen LogP contribution is 2.13. The molecule has 4 heteroatoms. The number of amides is 1. The summed E-state index contributed by atoms with van der Waals surface area (Å²) in [4.78, 5) is 23.4. The third-order valence-corrected chi connectivity index (χ3v) is 2.93. The quantitative estimate of drug-likeness (QED) is 0.743. The van der Waals surface area contributed by atoms with Crippen molar-refractivity contribution in [2.75, 3.05) is 13.7 Å². The topological polar surface area (TPSA) is 55.4 Å². The maximum atomic E-state index is 11.9. The van der Waals surface area contributed by atoms with Crippen LogP contribution in [0, 0.1) is 5.92 Å². The number of Topliss-reactive ketones (excluding diaryl/α,β-unsaturated/α-hetero) is 1. The van der Waals surface area contributed by atoms with E-state index in [9.17, 15) is 9.59 Å². The van der Waals surface area contributed by atoms with E-state index in [0.29, 0.717) is 37.3 Å². The number of benzene rings is 1. The SMILES string of the molecule is COc1ccc(C(=O)CCCC(=O)NCC(C)C)cc1. The Balaban J connectivity index is 2.30. The molecule has 4 nitrogen and oxygen atoms in total. The molecule has 0 heterocycles. The van der Waals surface area contributed by atoms with E-state index in [0.717, 1.165) is 5.75 Å². The number of hydrogen-bond acceptors (Lipinski definition) is 3. The van der Waals surface area contributed by atoms with E-state index >= 15 is 0 Å². The largest absolute Gasteiger partial charge is 0.497 e. The van der Waals surface area contributed by atoms with E-state index in [-0.39, 0.29) is 11.7 Å². The smallest absolute Gasteiger partial charge is 0.220 e. The van der Waals surface area contributed by atoms with Crippen LogP contribution in [0.3, 0.4) is 0 Å². The molecule has 1 aromatic rings. The van der Waals surface area contributed by atoms with E-state index in [1.165, 1.54) is 0 Å². The molecule has 0 aliphatic rings. The first kappa shape index (κ1) is 16.2. The second-order valence-electron chi connectivity index (χ2n) is 5.20. The molecule has 1 N–H and O–H groups in total. The summed E-state index contributed by atoms with van der Waals surface area (Å²) in [5, 5.41) is 2.84. The van der Waals surface area contributed by atoms with Crippen LogP contribution in [0.25, 0.3) is 0 Å². The predicted octanol–water partition coefficient (Wildman–Crippen LogP) is 2.82. The van der Waals surface area contributed by atoms with Crippen molar-refractivity contribution in [3.05, 3.63) is 29.8 Å². The summed E-state index contributed by atoms with van der Waals surface area (Å²) in [6.07, 6.45) is 1.37. The van der Waals surface area contributed by atoms with E-state index in [1.54, 1.807) is 31.4 Å². The van der Waals surface area contributed by atoms with Crippen molar-refractivity contribution in [1.82, 2.24) is 5.32 Å². The first-order valence-corrected chi connectivity index (χ1v) is 6.97. The van der Waals surface area contributed by atoms with Crippen LogP contribution in [0.5, 0.6) is 5.75 Å². The molecule has 1 amide bonds. The fourth-order valence-electron chi connectivity index (χ4n) is 1.74. The fourth-order valence-corrected chi connectivity index (χ4v) is 1.74. The first-order chi connectivity index (χ1) is 9.52. The van der Waals surface area contributed by atoms with Crippen LogP contribution < -0.4 is 10.1 Å². The van der Waals surface area contributed by atoms with Crippen LogP contribution in [-0.4, -0.2) is 25.3 Å². The second kappa shape index (κ2) is 8.35. The number of ketones is 1. The minimum absolute atomic E-state index is 0.0150. The standard InChI is InChI=1S/C16H23NO3/c1-12(2)11-17-16(19)6-4-5-15(18)13-7-9-14(20-3)10-8-13/h7-10,12H,4-6,11H2,1-3H3,(H,17,19). The molecule has 0 unspecified atom stereocenters. The molecule has 0 aliphatic carbocycles. The zero-order valence-electron chi connectivity index (χ0n) is 12.4. The van der Waals surface area contributed by atoms with Gasteiger partial charge in [0.25, 0.3) is 0 Å². The van der Waals surface area contributed by atoms with Gasteiger partial charge in [-0.05, 0) is 36.6 Å². The van der Waals surface area contributed by atoms with Crippen molar-refractivity contribution in [2.45, 2.75) is 33.1 Å². The molecule has 1 aromatic carbocycles. The number of rotatable bonds is 8. The average Bonchev–Trinajstić information content (AvgIpc) is 2.45. The van der Waals surface area contributed by atoms with Crippen molar-refractivity contribution >= 4 is 11.7 Å². The Bertz CT molecular complexity index is 438. The molecular formula is C16H23NO3. The molecule has 0 radical (unpaired) electrons. The highest BCUT2D eigenvalue weighted by molar-refractivity contribution is 5.96. The monoisotopic (exact) mass is 277 g/mol.